The van der Waals surface area contributed by atoms with Crippen LogP contribution < -0.4 is 5.32 Å². The normalized spacial score (nSPS) is 11.1. The van der Waals surface area contributed by atoms with Gasteiger partial charge in [0.2, 0.25) is 0 Å². The molecule has 170 valence electrons. The van der Waals surface area contributed by atoms with Gasteiger partial charge in [-0.3, -0.25) is 10.1 Å². The highest BCUT2D eigenvalue weighted by Crippen LogP contribution is 2.31. The van der Waals surface area contributed by atoms with Gasteiger partial charge in [-0.1, -0.05) is 36.4 Å². The maximum Gasteiger partial charge on any atom is 0.270 e. The number of hydrogen-bond donors (Lipinski definition) is 1. The van der Waals surface area contributed by atoms with Crippen LogP contribution in [0.2, 0.25) is 0 Å². The van der Waals surface area contributed by atoms with Crippen molar-refractivity contribution in [1.29, 1.82) is 0 Å². The van der Waals surface area contributed by atoms with E-state index in [9.17, 15) is 10.1 Å². The van der Waals surface area contributed by atoms with E-state index in [1.165, 1.54) is 16.5 Å². The Morgan fingerprint density at radius 3 is 2.65 bits per heavy atom. The number of non-ortho nitro benzene ring substituents is 1. The molecule has 0 radical (unpaired) electrons. The predicted molar refractivity (Wildman–Crippen MR) is 135 cm³/mol. The van der Waals surface area contributed by atoms with Crippen LogP contribution in [0.1, 0.15) is 16.9 Å². The molecule has 0 aliphatic heterocycles. The van der Waals surface area contributed by atoms with E-state index in [0.717, 1.165) is 52.1 Å². The fourth-order valence-electron chi connectivity index (χ4n) is 3.86. The molecule has 3 aromatic heterocycles. The molecule has 0 amide bonds. The van der Waals surface area contributed by atoms with Crippen LogP contribution >= 0.6 is 11.3 Å². The molecule has 8 heteroatoms. The summed E-state index contributed by atoms with van der Waals surface area (Å²) in [6.07, 6.45) is 5.13. The number of nitro groups is 1. The zero-order chi connectivity index (χ0) is 23.5. The van der Waals surface area contributed by atoms with Gasteiger partial charge in [-0.15, -0.1) is 11.3 Å². The third-order valence-electron chi connectivity index (χ3n) is 5.57. The first-order valence-electron chi connectivity index (χ1n) is 11.0. The molecular weight excluding hydrogens is 448 g/mol. The first-order chi connectivity index (χ1) is 16.6. The van der Waals surface area contributed by atoms with Crippen LogP contribution in [-0.4, -0.2) is 21.4 Å². The second-order valence-corrected chi connectivity index (χ2v) is 9.25. The molecule has 0 fully saturated rings. The molecule has 1 N–H and O–H groups in total. The molecule has 0 unspecified atom stereocenters. The van der Waals surface area contributed by atoms with Crippen LogP contribution in [0.3, 0.4) is 0 Å². The molecule has 0 spiro atoms. The summed E-state index contributed by atoms with van der Waals surface area (Å²) < 4.78 is 5.20. The maximum absolute atomic E-state index is 11.0. The van der Waals surface area contributed by atoms with E-state index >= 15 is 0 Å². The van der Waals surface area contributed by atoms with Crippen LogP contribution in [0.15, 0.2) is 77.6 Å². The molecule has 2 aromatic carbocycles. The fourth-order valence-corrected chi connectivity index (χ4v) is 4.74. The minimum absolute atomic E-state index is 0.100. The highest BCUT2D eigenvalue weighted by Gasteiger charge is 2.13. The van der Waals surface area contributed by atoms with Gasteiger partial charge in [-0.2, -0.15) is 0 Å². The lowest BCUT2D eigenvalue weighted by Crippen LogP contribution is -2.06. The van der Waals surface area contributed by atoms with Crippen LogP contribution in [-0.2, 0) is 6.42 Å². The smallest absolute Gasteiger partial charge is 0.270 e. The van der Waals surface area contributed by atoms with Gasteiger partial charge < -0.3 is 9.73 Å². The third-order valence-corrected chi connectivity index (χ3v) is 6.52. The number of rotatable bonds is 8. The van der Waals surface area contributed by atoms with Gasteiger partial charge in [0.05, 0.1) is 22.1 Å². The molecule has 0 saturated carbocycles. The lowest BCUT2D eigenvalue weighted by molar-refractivity contribution is -0.384. The Kier molecular flexibility index (Phi) is 6.05. The van der Waals surface area contributed by atoms with E-state index in [4.69, 9.17) is 14.4 Å². The molecule has 0 saturated heterocycles. The molecule has 0 bridgehead atoms. The maximum atomic E-state index is 11.0. The van der Waals surface area contributed by atoms with Crippen molar-refractivity contribution in [3.63, 3.8) is 0 Å². The second kappa shape index (κ2) is 9.44. The number of thiophene rings is 1. The highest BCUT2D eigenvalue weighted by atomic mass is 32.1. The number of hydrogen-bond acceptors (Lipinski definition) is 7. The molecule has 34 heavy (non-hydrogen) atoms. The zero-order valence-corrected chi connectivity index (χ0v) is 19.3. The largest absolute Gasteiger partial charge is 0.472 e. The molecule has 0 atom stereocenters. The molecule has 0 aliphatic carbocycles. The summed E-state index contributed by atoms with van der Waals surface area (Å²) in [5.41, 5.74) is 3.99. The number of nitrogens with zero attached hydrogens (tertiary/aromatic N) is 3. The van der Waals surface area contributed by atoms with Crippen molar-refractivity contribution < 1.29 is 9.34 Å². The van der Waals surface area contributed by atoms with Crippen molar-refractivity contribution in [2.75, 3.05) is 11.9 Å². The lowest BCUT2D eigenvalue weighted by Gasteiger charge is -2.09. The van der Waals surface area contributed by atoms with E-state index in [2.05, 4.69) is 30.4 Å². The summed E-state index contributed by atoms with van der Waals surface area (Å²) in [6.45, 7) is 2.85. The van der Waals surface area contributed by atoms with Gasteiger partial charge >= 0.3 is 0 Å². The van der Waals surface area contributed by atoms with Crippen molar-refractivity contribution in [1.82, 2.24) is 9.97 Å². The average molecular weight is 471 g/mol. The van der Waals surface area contributed by atoms with Gasteiger partial charge in [0, 0.05) is 23.6 Å². The van der Waals surface area contributed by atoms with Crippen molar-refractivity contribution in [3.8, 4) is 22.5 Å². The first-order valence-corrected chi connectivity index (χ1v) is 11.8. The highest BCUT2D eigenvalue weighted by molar-refractivity contribution is 7.18. The van der Waals surface area contributed by atoms with E-state index < -0.39 is 0 Å². The molecule has 5 rings (SSSR count). The SMILES string of the molecule is Cc1cc2c(NCCCc3ccc(-c4cccc([N+](=O)[O-])c4)cc3)nc(-c3ccoc3)nc2s1. The summed E-state index contributed by atoms with van der Waals surface area (Å²) >= 11 is 1.66. The average Bonchev–Trinajstić information content (AvgIpc) is 3.51. The van der Waals surface area contributed by atoms with Gasteiger partial charge in [0.1, 0.15) is 16.9 Å². The number of furan rings is 1. The van der Waals surface area contributed by atoms with E-state index in [-0.39, 0.29) is 10.6 Å². The van der Waals surface area contributed by atoms with Gasteiger partial charge in [-0.25, -0.2) is 9.97 Å². The Balaban J connectivity index is 1.24. The summed E-state index contributed by atoms with van der Waals surface area (Å²) in [4.78, 5) is 22.3. The fraction of sp³-hybridized carbons (Fsp3) is 0.154. The number of aryl methyl sites for hydroxylation is 2. The Morgan fingerprint density at radius 2 is 1.88 bits per heavy atom. The van der Waals surface area contributed by atoms with Crippen molar-refractivity contribution in [3.05, 3.63) is 93.7 Å². The minimum Gasteiger partial charge on any atom is -0.472 e. The standard InChI is InChI=1S/C26H22N4O3S/c1-17-14-23-25(28-24(29-26(23)34-17)21-11-13-33-16-21)27-12-3-4-18-7-9-19(10-8-18)20-5-2-6-22(15-20)30(31)32/h2,5-11,13-16H,3-4,12H2,1H3,(H,27,28,29). The Bertz CT molecular complexity index is 1440. The predicted octanol–water partition coefficient (Wildman–Crippen LogP) is 6.88. The molecule has 0 aliphatic rings. The number of aromatic nitrogens is 2. The van der Waals surface area contributed by atoms with Crippen LogP contribution in [0.5, 0.6) is 0 Å². The van der Waals surface area contributed by atoms with Gasteiger partial charge in [0.25, 0.3) is 5.69 Å². The summed E-state index contributed by atoms with van der Waals surface area (Å²) in [5, 5.41) is 15.6. The summed E-state index contributed by atoms with van der Waals surface area (Å²) in [7, 11) is 0. The van der Waals surface area contributed by atoms with Crippen molar-refractivity contribution in [2.24, 2.45) is 0 Å². The molecule has 5 aromatic rings. The van der Waals surface area contributed by atoms with Crippen LogP contribution in [0, 0.1) is 17.0 Å². The Morgan fingerprint density at radius 1 is 1.03 bits per heavy atom. The van der Waals surface area contributed by atoms with Gasteiger partial charge in [0.15, 0.2) is 5.82 Å². The minimum atomic E-state index is -0.369. The topological polar surface area (TPSA) is 94.1 Å². The molecule has 7 nitrogen and oxygen atoms in total. The van der Waals surface area contributed by atoms with Crippen molar-refractivity contribution in [2.45, 2.75) is 19.8 Å². The summed E-state index contributed by atoms with van der Waals surface area (Å²) in [5.74, 6) is 1.49. The van der Waals surface area contributed by atoms with Gasteiger partial charge in [-0.05, 0) is 48.6 Å². The van der Waals surface area contributed by atoms with E-state index in [0.29, 0.717) is 5.82 Å². The number of fused-ring (bicyclic) bond motifs is 1. The van der Waals surface area contributed by atoms with Crippen LogP contribution in [0.25, 0.3) is 32.7 Å². The zero-order valence-electron chi connectivity index (χ0n) is 18.5. The number of anilines is 1. The number of nitro benzene ring substituents is 1. The number of benzene rings is 2. The summed E-state index contributed by atoms with van der Waals surface area (Å²) in [6, 6.07) is 18.9. The van der Waals surface area contributed by atoms with Crippen LogP contribution in [0.4, 0.5) is 11.5 Å². The first kappa shape index (κ1) is 21.8. The van der Waals surface area contributed by atoms with Crippen molar-refractivity contribution >= 4 is 33.1 Å². The Hall–Kier alpha value is -4.04. The lowest BCUT2D eigenvalue weighted by atomic mass is 10.0. The second-order valence-electron chi connectivity index (χ2n) is 8.02. The quantitative estimate of drug-likeness (QED) is 0.151. The molecule has 3 heterocycles. The Labute approximate surface area is 200 Å². The number of nitrogens with one attached hydrogen (secondary N) is 1. The van der Waals surface area contributed by atoms with E-state index in [1.54, 1.807) is 36.0 Å². The monoisotopic (exact) mass is 470 g/mol. The molecular formula is C26H22N4O3S. The van der Waals surface area contributed by atoms with E-state index in [1.807, 2.05) is 24.3 Å². The third kappa shape index (κ3) is 4.67.